The standard InChI is InChI=1S/C29H35N7S/c1-21-27(23(3)36(32-21)26-13-9-6-10-14-26)20-33-15-17-34(18-16-33)29(37)30-28-22(2)31-35(24(28)4)19-25-11-7-5-8-12-25/h5-14H,15-20H2,1-4H3,(H,30,37). The average molecular weight is 514 g/mol. The van der Waals surface area contributed by atoms with E-state index >= 15 is 0 Å². The molecule has 37 heavy (non-hydrogen) atoms. The average Bonchev–Trinajstić information content (AvgIpc) is 3.34. The quantitative estimate of drug-likeness (QED) is 0.372. The minimum Gasteiger partial charge on any atom is -0.346 e. The van der Waals surface area contributed by atoms with Crippen LogP contribution in [0.15, 0.2) is 60.7 Å². The largest absolute Gasteiger partial charge is 0.346 e. The zero-order valence-electron chi connectivity index (χ0n) is 22.1. The fourth-order valence-electron chi connectivity index (χ4n) is 5.03. The number of aromatic nitrogens is 4. The first kappa shape index (κ1) is 25.2. The molecule has 1 N–H and O–H groups in total. The van der Waals surface area contributed by atoms with Crippen molar-refractivity contribution in [2.75, 3.05) is 31.5 Å². The summed E-state index contributed by atoms with van der Waals surface area (Å²) in [6.45, 7) is 13.8. The van der Waals surface area contributed by atoms with Gasteiger partial charge in [0.2, 0.25) is 0 Å². The van der Waals surface area contributed by atoms with Crippen molar-refractivity contribution in [1.82, 2.24) is 29.4 Å². The lowest BCUT2D eigenvalue weighted by molar-refractivity contribution is 0.176. The number of benzene rings is 2. The van der Waals surface area contributed by atoms with Gasteiger partial charge in [-0.15, -0.1) is 0 Å². The Morgan fingerprint density at radius 2 is 1.43 bits per heavy atom. The summed E-state index contributed by atoms with van der Waals surface area (Å²) in [5, 5.41) is 13.9. The summed E-state index contributed by atoms with van der Waals surface area (Å²) >= 11 is 5.83. The molecule has 3 heterocycles. The number of nitrogens with zero attached hydrogens (tertiary/aromatic N) is 6. The molecule has 2 aromatic heterocycles. The summed E-state index contributed by atoms with van der Waals surface area (Å²) in [5.41, 5.74) is 9.05. The normalized spacial score (nSPS) is 14.2. The first-order chi connectivity index (χ1) is 17.9. The molecule has 4 aromatic rings. The molecule has 0 unspecified atom stereocenters. The molecule has 7 nitrogen and oxygen atoms in total. The van der Waals surface area contributed by atoms with Gasteiger partial charge in [-0.05, 0) is 57.6 Å². The summed E-state index contributed by atoms with van der Waals surface area (Å²) in [5.74, 6) is 0. The molecule has 0 saturated carbocycles. The highest BCUT2D eigenvalue weighted by molar-refractivity contribution is 7.80. The van der Waals surface area contributed by atoms with Crippen molar-refractivity contribution in [2.45, 2.75) is 40.8 Å². The zero-order chi connectivity index (χ0) is 25.9. The van der Waals surface area contributed by atoms with Crippen LogP contribution >= 0.6 is 12.2 Å². The molecule has 0 spiro atoms. The van der Waals surface area contributed by atoms with E-state index in [-0.39, 0.29) is 0 Å². The number of aryl methyl sites for hydroxylation is 2. The number of hydrogen-bond donors (Lipinski definition) is 1. The third-order valence-corrected chi connectivity index (χ3v) is 7.63. The van der Waals surface area contributed by atoms with E-state index in [2.05, 4.69) is 89.1 Å². The summed E-state index contributed by atoms with van der Waals surface area (Å²) in [4.78, 5) is 4.77. The van der Waals surface area contributed by atoms with E-state index in [1.54, 1.807) is 0 Å². The fourth-order valence-corrected chi connectivity index (χ4v) is 5.32. The molecule has 5 rings (SSSR count). The van der Waals surface area contributed by atoms with Crippen LogP contribution < -0.4 is 5.32 Å². The van der Waals surface area contributed by atoms with Crippen molar-refractivity contribution in [3.05, 3.63) is 94.6 Å². The van der Waals surface area contributed by atoms with Gasteiger partial charge < -0.3 is 10.2 Å². The van der Waals surface area contributed by atoms with Crippen LogP contribution in [0.3, 0.4) is 0 Å². The van der Waals surface area contributed by atoms with Crippen molar-refractivity contribution >= 4 is 23.0 Å². The van der Waals surface area contributed by atoms with Gasteiger partial charge in [-0.2, -0.15) is 10.2 Å². The first-order valence-corrected chi connectivity index (χ1v) is 13.3. The van der Waals surface area contributed by atoms with Crippen molar-refractivity contribution in [2.24, 2.45) is 0 Å². The van der Waals surface area contributed by atoms with Gasteiger partial charge in [-0.1, -0.05) is 48.5 Å². The van der Waals surface area contributed by atoms with E-state index in [0.717, 1.165) is 72.8 Å². The van der Waals surface area contributed by atoms with E-state index in [4.69, 9.17) is 22.4 Å². The number of rotatable bonds is 6. The summed E-state index contributed by atoms with van der Waals surface area (Å²) in [7, 11) is 0. The number of piperazine rings is 1. The van der Waals surface area contributed by atoms with Gasteiger partial charge in [0, 0.05) is 44.0 Å². The molecular weight excluding hydrogens is 478 g/mol. The molecule has 0 aliphatic carbocycles. The second-order valence-corrected chi connectivity index (χ2v) is 10.2. The highest BCUT2D eigenvalue weighted by atomic mass is 32.1. The topological polar surface area (TPSA) is 54.2 Å². The lowest BCUT2D eigenvalue weighted by Crippen LogP contribution is -2.49. The van der Waals surface area contributed by atoms with Crippen LogP contribution in [0, 0.1) is 27.7 Å². The number of thiocarbonyl (C=S) groups is 1. The van der Waals surface area contributed by atoms with Crippen LogP contribution in [-0.4, -0.2) is 60.7 Å². The maximum absolute atomic E-state index is 5.83. The van der Waals surface area contributed by atoms with Gasteiger partial charge >= 0.3 is 0 Å². The Kier molecular flexibility index (Phi) is 7.39. The third kappa shape index (κ3) is 5.45. The molecule has 0 bridgehead atoms. The maximum atomic E-state index is 5.83. The number of anilines is 1. The summed E-state index contributed by atoms with van der Waals surface area (Å²) in [6, 6.07) is 20.8. The molecule has 1 saturated heterocycles. The minimum atomic E-state index is 0.750. The van der Waals surface area contributed by atoms with Crippen molar-refractivity contribution in [3.8, 4) is 5.69 Å². The predicted molar refractivity (Wildman–Crippen MR) is 153 cm³/mol. The van der Waals surface area contributed by atoms with E-state index in [9.17, 15) is 0 Å². The number of hydrogen-bond acceptors (Lipinski definition) is 4. The van der Waals surface area contributed by atoms with Crippen molar-refractivity contribution < 1.29 is 0 Å². The molecule has 192 valence electrons. The Morgan fingerprint density at radius 1 is 0.784 bits per heavy atom. The fraction of sp³-hybridized carbons (Fsp3) is 0.345. The molecule has 1 aliphatic heterocycles. The number of para-hydroxylation sites is 1. The Labute approximate surface area is 224 Å². The maximum Gasteiger partial charge on any atom is 0.173 e. The summed E-state index contributed by atoms with van der Waals surface area (Å²) in [6.07, 6.45) is 0. The van der Waals surface area contributed by atoms with Crippen LogP contribution in [0.4, 0.5) is 5.69 Å². The zero-order valence-corrected chi connectivity index (χ0v) is 22.9. The summed E-state index contributed by atoms with van der Waals surface area (Å²) < 4.78 is 4.11. The monoisotopic (exact) mass is 513 g/mol. The Morgan fingerprint density at radius 3 is 2.11 bits per heavy atom. The van der Waals surface area contributed by atoms with E-state index in [1.807, 2.05) is 23.7 Å². The smallest absolute Gasteiger partial charge is 0.173 e. The highest BCUT2D eigenvalue weighted by Gasteiger charge is 2.23. The van der Waals surface area contributed by atoms with Gasteiger partial charge in [0.1, 0.15) is 0 Å². The Balaban J connectivity index is 1.19. The van der Waals surface area contributed by atoms with Gasteiger partial charge in [0.05, 0.1) is 35.0 Å². The van der Waals surface area contributed by atoms with E-state index < -0.39 is 0 Å². The molecule has 8 heteroatoms. The molecule has 1 aliphatic rings. The lowest BCUT2D eigenvalue weighted by atomic mass is 10.1. The number of nitrogens with one attached hydrogen (secondary N) is 1. The van der Waals surface area contributed by atoms with Crippen LogP contribution in [0.5, 0.6) is 0 Å². The van der Waals surface area contributed by atoms with E-state index in [1.165, 1.54) is 16.8 Å². The van der Waals surface area contributed by atoms with Crippen LogP contribution in [0.25, 0.3) is 5.69 Å². The SMILES string of the molecule is Cc1nn(-c2ccccc2)c(C)c1CN1CCN(C(=S)Nc2c(C)nn(Cc3ccccc3)c2C)CC1. The van der Waals surface area contributed by atoms with Gasteiger partial charge in [-0.3, -0.25) is 9.58 Å². The predicted octanol–water partition coefficient (Wildman–Crippen LogP) is 4.87. The van der Waals surface area contributed by atoms with Crippen LogP contribution in [-0.2, 0) is 13.1 Å². The third-order valence-electron chi connectivity index (χ3n) is 7.27. The molecule has 0 radical (unpaired) electrons. The van der Waals surface area contributed by atoms with Gasteiger partial charge in [-0.25, -0.2) is 4.68 Å². The van der Waals surface area contributed by atoms with Crippen LogP contribution in [0.1, 0.15) is 33.9 Å². The highest BCUT2D eigenvalue weighted by Crippen LogP contribution is 2.23. The molecule has 2 aromatic carbocycles. The second kappa shape index (κ2) is 10.9. The first-order valence-electron chi connectivity index (χ1n) is 12.9. The van der Waals surface area contributed by atoms with Crippen molar-refractivity contribution in [1.29, 1.82) is 0 Å². The van der Waals surface area contributed by atoms with Gasteiger partial charge in [0.15, 0.2) is 5.11 Å². The molecule has 0 atom stereocenters. The second-order valence-electron chi connectivity index (χ2n) is 9.78. The molecule has 1 fully saturated rings. The molecular formula is C29H35N7S. The van der Waals surface area contributed by atoms with Crippen molar-refractivity contribution in [3.63, 3.8) is 0 Å². The Bertz CT molecular complexity index is 1370. The molecule has 0 amide bonds. The minimum absolute atomic E-state index is 0.750. The lowest BCUT2D eigenvalue weighted by Gasteiger charge is -2.36. The van der Waals surface area contributed by atoms with E-state index in [0.29, 0.717) is 0 Å². The Hall–Kier alpha value is -3.49. The van der Waals surface area contributed by atoms with Gasteiger partial charge in [0.25, 0.3) is 0 Å². The van der Waals surface area contributed by atoms with Crippen LogP contribution in [0.2, 0.25) is 0 Å².